The van der Waals surface area contributed by atoms with Gasteiger partial charge in [0.05, 0.1) is 12.7 Å². The lowest BCUT2D eigenvalue weighted by Gasteiger charge is -2.20. The Balaban J connectivity index is 1.61. The van der Waals surface area contributed by atoms with Gasteiger partial charge in [0.1, 0.15) is 34.5 Å². The number of alkyl halides is 5. The minimum absolute atomic E-state index is 0.242. The SMILES string of the molecule is COc1ccc(-c2ccc(-c3cc(F)c(C(F)(F)Oc4ccc(C(F)(F)F)cc4)c(F)c3)c(F)c2)cc1. The number of rotatable bonds is 6. The van der Waals surface area contributed by atoms with Crippen LogP contribution in [0.4, 0.5) is 35.1 Å². The van der Waals surface area contributed by atoms with Gasteiger partial charge >= 0.3 is 12.3 Å². The molecule has 0 saturated carbocycles. The van der Waals surface area contributed by atoms with Crippen molar-refractivity contribution in [2.24, 2.45) is 0 Å². The smallest absolute Gasteiger partial charge is 0.432 e. The number of hydrogen-bond donors (Lipinski definition) is 0. The van der Waals surface area contributed by atoms with Crippen LogP contribution in [0.25, 0.3) is 22.3 Å². The Hall–Kier alpha value is -4.08. The molecule has 0 spiro atoms. The first-order chi connectivity index (χ1) is 17.4. The molecule has 0 atom stereocenters. The molecule has 4 rings (SSSR count). The van der Waals surface area contributed by atoms with Gasteiger partial charge in [-0.2, -0.15) is 22.0 Å². The van der Waals surface area contributed by atoms with E-state index in [9.17, 15) is 35.1 Å². The van der Waals surface area contributed by atoms with E-state index in [1.54, 1.807) is 24.3 Å². The Kier molecular flexibility index (Phi) is 6.86. The second-order valence-electron chi connectivity index (χ2n) is 7.88. The summed E-state index contributed by atoms with van der Waals surface area (Å²) in [5.41, 5.74) is -2.38. The minimum Gasteiger partial charge on any atom is -0.497 e. The van der Waals surface area contributed by atoms with Crippen molar-refractivity contribution in [1.82, 2.24) is 0 Å². The predicted molar refractivity (Wildman–Crippen MR) is 120 cm³/mol. The lowest BCUT2D eigenvalue weighted by molar-refractivity contribution is -0.189. The predicted octanol–water partition coefficient (Wildman–Crippen LogP) is 8.59. The Morgan fingerprint density at radius 3 is 1.59 bits per heavy atom. The molecule has 2 nitrogen and oxygen atoms in total. The van der Waals surface area contributed by atoms with Gasteiger partial charge in [-0.25, -0.2) is 13.2 Å². The van der Waals surface area contributed by atoms with Crippen LogP contribution in [0.2, 0.25) is 0 Å². The van der Waals surface area contributed by atoms with Gasteiger partial charge < -0.3 is 9.47 Å². The van der Waals surface area contributed by atoms with Crippen LogP contribution in [-0.2, 0) is 12.3 Å². The average Bonchev–Trinajstić information content (AvgIpc) is 2.83. The fraction of sp³-hybridized carbons (Fsp3) is 0.111. The molecular weight excluding hydrogens is 508 g/mol. The molecule has 4 aromatic carbocycles. The molecule has 0 unspecified atom stereocenters. The summed E-state index contributed by atoms with van der Waals surface area (Å²) in [6.45, 7) is 0. The van der Waals surface area contributed by atoms with E-state index in [4.69, 9.17) is 4.74 Å². The van der Waals surface area contributed by atoms with Gasteiger partial charge in [0.2, 0.25) is 0 Å². The van der Waals surface area contributed by atoms with E-state index in [0.29, 0.717) is 53.3 Å². The Bertz CT molecular complexity index is 1390. The van der Waals surface area contributed by atoms with Crippen molar-refractivity contribution in [2.75, 3.05) is 7.11 Å². The van der Waals surface area contributed by atoms with Gasteiger partial charge in [0.25, 0.3) is 0 Å². The Morgan fingerprint density at radius 2 is 1.08 bits per heavy atom. The number of methoxy groups -OCH3 is 1. The summed E-state index contributed by atoms with van der Waals surface area (Å²) in [7, 11) is 1.49. The summed E-state index contributed by atoms with van der Waals surface area (Å²) in [4.78, 5) is 0. The van der Waals surface area contributed by atoms with Crippen LogP contribution in [0, 0.1) is 17.5 Å². The first-order valence-corrected chi connectivity index (χ1v) is 10.6. The highest BCUT2D eigenvalue weighted by molar-refractivity contribution is 5.71. The summed E-state index contributed by atoms with van der Waals surface area (Å²) in [6, 6.07) is 13.8. The van der Waals surface area contributed by atoms with E-state index in [1.807, 2.05) is 0 Å². The second kappa shape index (κ2) is 9.76. The highest BCUT2D eigenvalue weighted by atomic mass is 19.4. The zero-order valence-corrected chi connectivity index (χ0v) is 18.8. The third-order valence-electron chi connectivity index (χ3n) is 5.46. The standard InChI is InChI=1S/C27H16F8O2/c1-36-19-7-2-15(3-8-19)16-4-11-21(22(28)12-16)17-13-23(29)25(24(30)14-17)27(34,35)37-20-9-5-18(6-10-20)26(31,32)33/h2-14H,1H3. The topological polar surface area (TPSA) is 18.5 Å². The first-order valence-electron chi connectivity index (χ1n) is 10.6. The van der Waals surface area contributed by atoms with Crippen molar-refractivity contribution in [3.05, 3.63) is 107 Å². The van der Waals surface area contributed by atoms with E-state index < -0.39 is 46.6 Å². The molecule has 0 radical (unpaired) electrons. The van der Waals surface area contributed by atoms with Crippen LogP contribution in [0.5, 0.6) is 11.5 Å². The fourth-order valence-corrected chi connectivity index (χ4v) is 3.63. The molecule has 10 heteroatoms. The van der Waals surface area contributed by atoms with E-state index >= 15 is 0 Å². The largest absolute Gasteiger partial charge is 0.497 e. The highest BCUT2D eigenvalue weighted by Crippen LogP contribution is 2.39. The van der Waals surface area contributed by atoms with Gasteiger partial charge in [-0.05, 0) is 71.3 Å². The first kappa shape index (κ1) is 26.0. The number of ether oxygens (including phenoxy) is 2. The van der Waals surface area contributed by atoms with Gasteiger partial charge in [0.15, 0.2) is 0 Å². The number of halogens is 8. The van der Waals surface area contributed by atoms with Crippen molar-refractivity contribution in [1.29, 1.82) is 0 Å². The average molecular weight is 524 g/mol. The van der Waals surface area contributed by atoms with Gasteiger partial charge in [-0.3, -0.25) is 0 Å². The molecule has 37 heavy (non-hydrogen) atoms. The molecule has 0 amide bonds. The van der Waals surface area contributed by atoms with E-state index in [1.165, 1.54) is 19.2 Å². The van der Waals surface area contributed by atoms with Gasteiger partial charge in [0, 0.05) is 5.56 Å². The second-order valence-corrected chi connectivity index (χ2v) is 7.88. The number of hydrogen-bond acceptors (Lipinski definition) is 2. The van der Waals surface area contributed by atoms with Crippen LogP contribution in [0.3, 0.4) is 0 Å². The van der Waals surface area contributed by atoms with Crippen molar-refractivity contribution in [2.45, 2.75) is 12.3 Å². The molecule has 192 valence electrons. The zero-order chi connectivity index (χ0) is 27.0. The summed E-state index contributed by atoms with van der Waals surface area (Å²) < 4.78 is 121. The third kappa shape index (κ3) is 5.52. The van der Waals surface area contributed by atoms with Crippen molar-refractivity contribution in [3.8, 4) is 33.8 Å². The van der Waals surface area contributed by atoms with E-state index in [0.717, 1.165) is 6.07 Å². The zero-order valence-electron chi connectivity index (χ0n) is 18.8. The molecule has 0 saturated heterocycles. The van der Waals surface area contributed by atoms with Crippen molar-refractivity contribution >= 4 is 0 Å². The van der Waals surface area contributed by atoms with E-state index in [-0.39, 0.29) is 11.1 Å². The van der Waals surface area contributed by atoms with Crippen LogP contribution in [-0.4, -0.2) is 7.11 Å². The minimum atomic E-state index is -4.71. The summed E-state index contributed by atoms with van der Waals surface area (Å²) >= 11 is 0. The molecule has 0 heterocycles. The van der Waals surface area contributed by atoms with Gasteiger partial charge in [-0.15, -0.1) is 0 Å². The van der Waals surface area contributed by atoms with Crippen molar-refractivity contribution in [3.63, 3.8) is 0 Å². The Morgan fingerprint density at radius 1 is 0.568 bits per heavy atom. The normalized spacial score (nSPS) is 11.9. The summed E-state index contributed by atoms with van der Waals surface area (Å²) in [5.74, 6) is -4.48. The highest BCUT2D eigenvalue weighted by Gasteiger charge is 2.41. The van der Waals surface area contributed by atoms with Crippen molar-refractivity contribution < 1.29 is 44.6 Å². The molecular formula is C27H16F8O2. The van der Waals surface area contributed by atoms with Crippen LogP contribution < -0.4 is 9.47 Å². The molecule has 0 fully saturated rings. The molecule has 0 aromatic heterocycles. The Labute approximate surface area is 205 Å². The van der Waals surface area contributed by atoms with Crippen LogP contribution in [0.15, 0.2) is 78.9 Å². The molecule has 0 aliphatic heterocycles. The maximum Gasteiger partial charge on any atom is 0.432 e. The quantitative estimate of drug-likeness (QED) is 0.235. The maximum atomic E-state index is 14.8. The van der Waals surface area contributed by atoms with Crippen LogP contribution in [0.1, 0.15) is 11.1 Å². The maximum absolute atomic E-state index is 14.8. The monoisotopic (exact) mass is 524 g/mol. The molecule has 0 aliphatic carbocycles. The molecule has 0 N–H and O–H groups in total. The molecule has 0 aliphatic rings. The van der Waals surface area contributed by atoms with Gasteiger partial charge in [-0.1, -0.05) is 24.3 Å². The molecule has 4 aromatic rings. The van der Waals surface area contributed by atoms with E-state index in [2.05, 4.69) is 4.74 Å². The summed E-state index contributed by atoms with van der Waals surface area (Å²) in [5, 5.41) is 0. The molecule has 0 bridgehead atoms. The fourth-order valence-electron chi connectivity index (χ4n) is 3.63. The lowest BCUT2D eigenvalue weighted by atomic mass is 9.98. The summed E-state index contributed by atoms with van der Waals surface area (Å²) in [6.07, 6.45) is -9.29. The number of benzene rings is 4. The third-order valence-corrected chi connectivity index (χ3v) is 5.46. The lowest BCUT2D eigenvalue weighted by Crippen LogP contribution is -2.25. The van der Waals surface area contributed by atoms with Crippen LogP contribution >= 0.6 is 0 Å².